The van der Waals surface area contributed by atoms with Crippen LogP contribution in [0.3, 0.4) is 0 Å². The average Bonchev–Trinajstić information content (AvgIpc) is 2.81. The van der Waals surface area contributed by atoms with Crippen LogP contribution in [0, 0.1) is 0 Å². The Labute approximate surface area is 199 Å². The average molecular weight is 480 g/mol. The molecule has 0 bridgehead atoms. The van der Waals surface area contributed by atoms with Crippen LogP contribution in [0.15, 0.2) is 24.3 Å². The SMILES string of the molecule is COCCN1CC2N(C(=O)CN(C)N2C(=O)NCc2ccc(OC)cc2)C(CCSC)C1=O. The van der Waals surface area contributed by atoms with Gasteiger partial charge in [0.15, 0.2) is 0 Å². The zero-order valence-electron chi connectivity index (χ0n) is 19.7. The molecule has 0 aliphatic carbocycles. The lowest BCUT2D eigenvalue weighted by Gasteiger charge is -2.54. The minimum absolute atomic E-state index is 0.0353. The Hall–Kier alpha value is -2.50. The molecule has 33 heavy (non-hydrogen) atoms. The van der Waals surface area contributed by atoms with Gasteiger partial charge in [0.1, 0.15) is 18.0 Å². The number of hydrogen-bond donors (Lipinski definition) is 1. The summed E-state index contributed by atoms with van der Waals surface area (Å²) in [6, 6.07) is 6.54. The first-order chi connectivity index (χ1) is 15.9. The standard InChI is InChI=1S/C22H33N5O5S/c1-24-15-20(28)26-18(9-12-33-4)21(29)25(10-11-31-2)14-19(26)27(24)22(30)23-13-16-5-7-17(32-3)8-6-16/h5-8,18-19H,9-15H2,1-4H3,(H,23,30). The largest absolute Gasteiger partial charge is 0.497 e. The van der Waals surface area contributed by atoms with E-state index in [1.54, 1.807) is 52.8 Å². The fraction of sp³-hybridized carbons (Fsp3) is 0.591. The van der Waals surface area contributed by atoms with Gasteiger partial charge in [0.2, 0.25) is 11.8 Å². The fourth-order valence-corrected chi connectivity index (χ4v) is 4.68. The molecule has 2 saturated heterocycles. The van der Waals surface area contributed by atoms with Crippen molar-refractivity contribution in [3.63, 3.8) is 0 Å². The number of methoxy groups -OCH3 is 2. The van der Waals surface area contributed by atoms with Gasteiger partial charge >= 0.3 is 6.03 Å². The van der Waals surface area contributed by atoms with E-state index in [0.29, 0.717) is 26.1 Å². The van der Waals surface area contributed by atoms with E-state index in [1.807, 2.05) is 30.5 Å². The van der Waals surface area contributed by atoms with Gasteiger partial charge in [0.05, 0.1) is 26.8 Å². The van der Waals surface area contributed by atoms with E-state index in [9.17, 15) is 14.4 Å². The van der Waals surface area contributed by atoms with Gasteiger partial charge in [-0.3, -0.25) is 9.59 Å². The summed E-state index contributed by atoms with van der Waals surface area (Å²) < 4.78 is 10.4. The van der Waals surface area contributed by atoms with Gasteiger partial charge < -0.3 is 24.6 Å². The second-order valence-corrected chi connectivity index (χ2v) is 9.01. The fourth-order valence-electron chi connectivity index (χ4n) is 4.22. The lowest BCUT2D eigenvalue weighted by Crippen LogP contribution is -2.76. The molecular weight excluding hydrogens is 446 g/mol. The Balaban J connectivity index is 1.80. The number of amides is 4. The number of rotatable bonds is 9. The maximum Gasteiger partial charge on any atom is 0.334 e. The lowest BCUT2D eigenvalue weighted by atomic mass is 10.0. The zero-order valence-corrected chi connectivity index (χ0v) is 20.5. The Morgan fingerprint density at radius 2 is 1.94 bits per heavy atom. The summed E-state index contributed by atoms with van der Waals surface area (Å²) in [6.07, 6.45) is 1.93. The van der Waals surface area contributed by atoms with E-state index in [1.165, 1.54) is 0 Å². The molecule has 2 heterocycles. The van der Waals surface area contributed by atoms with Gasteiger partial charge in [-0.05, 0) is 36.1 Å². The van der Waals surface area contributed by atoms with Crippen LogP contribution in [-0.4, -0.2) is 109 Å². The molecule has 182 valence electrons. The first kappa shape index (κ1) is 25.1. The minimum Gasteiger partial charge on any atom is -0.497 e. The van der Waals surface area contributed by atoms with Crippen molar-refractivity contribution in [1.29, 1.82) is 0 Å². The highest BCUT2D eigenvalue weighted by Gasteiger charge is 2.50. The molecule has 2 aliphatic heterocycles. The van der Waals surface area contributed by atoms with Gasteiger partial charge in [-0.15, -0.1) is 0 Å². The summed E-state index contributed by atoms with van der Waals surface area (Å²) >= 11 is 1.63. The van der Waals surface area contributed by atoms with E-state index >= 15 is 0 Å². The Kier molecular flexibility index (Phi) is 8.81. The molecule has 3 rings (SSSR count). The highest BCUT2D eigenvalue weighted by Crippen LogP contribution is 2.27. The van der Waals surface area contributed by atoms with Crippen LogP contribution in [0.5, 0.6) is 5.75 Å². The summed E-state index contributed by atoms with van der Waals surface area (Å²) in [5.41, 5.74) is 0.926. The highest BCUT2D eigenvalue weighted by molar-refractivity contribution is 7.98. The minimum atomic E-state index is -0.592. The second kappa shape index (κ2) is 11.6. The van der Waals surface area contributed by atoms with Crippen LogP contribution >= 0.6 is 11.8 Å². The van der Waals surface area contributed by atoms with Crippen molar-refractivity contribution in [2.75, 3.05) is 59.5 Å². The molecule has 4 amide bonds. The number of likely N-dealkylation sites (N-methyl/N-ethyl adjacent to an activating group) is 1. The van der Waals surface area contributed by atoms with Gasteiger partial charge in [-0.25, -0.2) is 14.8 Å². The molecule has 0 spiro atoms. The molecule has 2 atom stereocenters. The third kappa shape index (κ3) is 5.71. The van der Waals surface area contributed by atoms with Crippen LogP contribution in [0.4, 0.5) is 4.79 Å². The summed E-state index contributed by atoms with van der Waals surface area (Å²) in [5.74, 6) is 1.25. The molecular formula is C22H33N5O5S. The highest BCUT2D eigenvalue weighted by atomic mass is 32.2. The molecule has 2 unspecified atom stereocenters. The lowest BCUT2D eigenvalue weighted by molar-refractivity contribution is -0.187. The van der Waals surface area contributed by atoms with Crippen molar-refractivity contribution >= 4 is 29.6 Å². The van der Waals surface area contributed by atoms with Crippen molar-refractivity contribution in [1.82, 2.24) is 25.1 Å². The quantitative estimate of drug-likeness (QED) is 0.561. The number of nitrogens with one attached hydrogen (secondary N) is 1. The molecule has 0 radical (unpaired) electrons. The molecule has 1 aromatic rings. The van der Waals surface area contributed by atoms with Crippen LogP contribution in [0.25, 0.3) is 0 Å². The first-order valence-electron chi connectivity index (χ1n) is 10.9. The monoisotopic (exact) mass is 479 g/mol. The third-order valence-corrected chi connectivity index (χ3v) is 6.56. The Morgan fingerprint density at radius 3 is 2.58 bits per heavy atom. The first-order valence-corrected chi connectivity index (χ1v) is 12.3. The van der Waals surface area contributed by atoms with E-state index < -0.39 is 12.2 Å². The normalized spacial score (nSPS) is 21.3. The molecule has 0 aromatic heterocycles. The maximum atomic E-state index is 13.3. The summed E-state index contributed by atoms with van der Waals surface area (Å²) in [5, 5.41) is 6.13. The van der Waals surface area contributed by atoms with Crippen molar-refractivity contribution in [3.8, 4) is 5.75 Å². The van der Waals surface area contributed by atoms with E-state index in [4.69, 9.17) is 9.47 Å². The van der Waals surface area contributed by atoms with Crippen molar-refractivity contribution in [2.45, 2.75) is 25.2 Å². The second-order valence-electron chi connectivity index (χ2n) is 8.02. The molecule has 10 nitrogen and oxygen atoms in total. The molecule has 2 aliphatic rings. The number of thioether (sulfide) groups is 1. The zero-order chi connectivity index (χ0) is 24.0. The number of nitrogens with zero attached hydrogens (tertiary/aromatic N) is 4. The molecule has 11 heteroatoms. The van der Waals surface area contributed by atoms with E-state index in [0.717, 1.165) is 17.1 Å². The summed E-state index contributed by atoms with van der Waals surface area (Å²) in [7, 11) is 4.91. The van der Waals surface area contributed by atoms with Gasteiger partial charge in [-0.1, -0.05) is 12.1 Å². The van der Waals surface area contributed by atoms with Gasteiger partial charge in [-0.2, -0.15) is 11.8 Å². The van der Waals surface area contributed by atoms with E-state index in [2.05, 4.69) is 5.32 Å². The summed E-state index contributed by atoms with van der Waals surface area (Å²) in [6.45, 7) is 1.41. The third-order valence-electron chi connectivity index (χ3n) is 5.91. The van der Waals surface area contributed by atoms with Crippen LogP contribution in [0.2, 0.25) is 0 Å². The van der Waals surface area contributed by atoms with Crippen LogP contribution in [0.1, 0.15) is 12.0 Å². The number of hydrogen-bond acceptors (Lipinski definition) is 7. The van der Waals surface area contributed by atoms with E-state index in [-0.39, 0.29) is 30.9 Å². The number of benzene rings is 1. The smallest absolute Gasteiger partial charge is 0.334 e. The molecule has 0 saturated carbocycles. The van der Waals surface area contributed by atoms with Gasteiger partial charge in [0.25, 0.3) is 0 Å². The van der Waals surface area contributed by atoms with Crippen LogP contribution < -0.4 is 10.1 Å². The Morgan fingerprint density at radius 1 is 1.21 bits per heavy atom. The number of piperazine rings is 1. The number of hydrazine groups is 1. The number of carbonyl (C=O) groups is 3. The van der Waals surface area contributed by atoms with Crippen molar-refractivity contribution < 1.29 is 23.9 Å². The predicted molar refractivity (Wildman–Crippen MR) is 126 cm³/mol. The molecule has 1 N–H and O–H groups in total. The number of carbonyl (C=O) groups excluding carboxylic acids is 3. The maximum absolute atomic E-state index is 13.3. The molecule has 2 fully saturated rings. The number of urea groups is 1. The van der Waals surface area contributed by atoms with Crippen LogP contribution in [-0.2, 0) is 20.9 Å². The predicted octanol–water partition coefficient (Wildman–Crippen LogP) is 0.832. The Bertz CT molecular complexity index is 839. The molecule has 1 aromatic carbocycles. The number of fused-ring (bicyclic) bond motifs is 1. The van der Waals surface area contributed by atoms with Crippen molar-refractivity contribution in [2.24, 2.45) is 0 Å². The van der Waals surface area contributed by atoms with Gasteiger partial charge in [0, 0.05) is 27.2 Å². The van der Waals surface area contributed by atoms with Crippen molar-refractivity contribution in [3.05, 3.63) is 29.8 Å². The number of ether oxygens (including phenoxy) is 2. The topological polar surface area (TPSA) is 94.7 Å². The summed E-state index contributed by atoms with van der Waals surface area (Å²) in [4.78, 5) is 42.8.